The van der Waals surface area contributed by atoms with Gasteiger partial charge in [-0.05, 0) is 68.0 Å². The van der Waals surface area contributed by atoms with E-state index in [4.69, 9.17) is 28.2 Å². The maximum Gasteiger partial charge on any atom is 0.407 e. The molecule has 2 fully saturated rings. The average Bonchev–Trinajstić information content (AvgIpc) is 3.72. The lowest BCUT2D eigenvalue weighted by atomic mass is 10.0. The van der Waals surface area contributed by atoms with Gasteiger partial charge in [0.2, 0.25) is 10.0 Å². The Hall–Kier alpha value is -3.12. The number of carbonyl (C=O) groups is 2. The number of esters is 1. The van der Waals surface area contributed by atoms with E-state index in [0.29, 0.717) is 24.2 Å². The molecule has 2 aliphatic heterocycles. The van der Waals surface area contributed by atoms with Gasteiger partial charge in [0.05, 0.1) is 49.4 Å². The molecule has 4 N–H and O–H groups in total. The molecule has 2 aromatic carbocycles. The molecule has 2 heterocycles. The van der Waals surface area contributed by atoms with E-state index in [1.165, 1.54) is 43.3 Å². The van der Waals surface area contributed by atoms with Gasteiger partial charge in [-0.3, -0.25) is 9.09 Å². The summed E-state index contributed by atoms with van der Waals surface area (Å²) < 4.78 is 73.1. The van der Waals surface area contributed by atoms with Crippen LogP contribution in [0.2, 0.25) is 0 Å². The van der Waals surface area contributed by atoms with Crippen molar-refractivity contribution in [1.29, 1.82) is 0 Å². The molecule has 7 atom stereocenters. The molecule has 16 nitrogen and oxygen atoms in total. The van der Waals surface area contributed by atoms with Crippen molar-refractivity contribution in [1.82, 2.24) is 9.62 Å². The first-order valence-corrected chi connectivity index (χ1v) is 20.3. The number of sulfonamides is 1. The van der Waals surface area contributed by atoms with Gasteiger partial charge in [0.1, 0.15) is 11.9 Å². The summed E-state index contributed by atoms with van der Waals surface area (Å²) in [5.41, 5.74) is 1.14. The van der Waals surface area contributed by atoms with Crippen LogP contribution >= 0.6 is 7.60 Å². The Bertz CT molecular complexity index is 1630. The van der Waals surface area contributed by atoms with Crippen LogP contribution < -0.4 is 10.1 Å². The SMILES string of the molecule is CCOC(=O)[C@H](C)OP(=O)(O)COc1ccc(C[C@H](NC(=O)O[C@H]2CO[C@H]3OCC[C@H]32)[C@H](O)CN(CC(C)C)S(=O)(=O)c2ccc(CO)cc2)cc1. The molecule has 0 spiro atoms. The zero-order valence-electron chi connectivity index (χ0n) is 29.7. The molecule has 1 amide bonds. The minimum Gasteiger partial charge on any atom is -0.481 e. The van der Waals surface area contributed by atoms with Crippen LogP contribution in [0.15, 0.2) is 53.4 Å². The molecule has 0 saturated carbocycles. The van der Waals surface area contributed by atoms with Gasteiger partial charge in [0.25, 0.3) is 0 Å². The summed E-state index contributed by atoms with van der Waals surface area (Å²) in [5.74, 6) is -0.825. The van der Waals surface area contributed by atoms with E-state index in [-0.39, 0.29) is 61.8 Å². The summed E-state index contributed by atoms with van der Waals surface area (Å²) >= 11 is 0. The molecule has 290 valence electrons. The van der Waals surface area contributed by atoms with Gasteiger partial charge in [-0.25, -0.2) is 18.0 Å². The summed E-state index contributed by atoms with van der Waals surface area (Å²) in [6.07, 6.45) is -4.57. The van der Waals surface area contributed by atoms with Crippen LogP contribution in [0.1, 0.15) is 45.2 Å². The third kappa shape index (κ3) is 11.7. The number of carbonyl (C=O) groups excluding carboxylic acids is 2. The van der Waals surface area contributed by atoms with Crippen molar-refractivity contribution in [3.8, 4) is 5.75 Å². The zero-order valence-corrected chi connectivity index (χ0v) is 31.4. The number of nitrogens with zero attached hydrogens (tertiary/aromatic N) is 1. The number of rotatable bonds is 19. The van der Waals surface area contributed by atoms with Crippen molar-refractivity contribution >= 4 is 29.7 Å². The number of aliphatic hydroxyl groups is 2. The zero-order chi connectivity index (χ0) is 38.1. The van der Waals surface area contributed by atoms with Gasteiger partial charge < -0.3 is 44.1 Å². The Morgan fingerprint density at radius 2 is 1.71 bits per heavy atom. The maximum atomic E-state index is 13.8. The Morgan fingerprint density at radius 1 is 1.04 bits per heavy atom. The normalized spacial score (nSPS) is 21.6. The summed E-state index contributed by atoms with van der Waals surface area (Å²) in [5, 5.41) is 23.7. The highest BCUT2D eigenvalue weighted by Crippen LogP contribution is 2.43. The molecule has 0 bridgehead atoms. The second-order valence-electron chi connectivity index (χ2n) is 13.1. The van der Waals surface area contributed by atoms with Crippen LogP contribution in [0, 0.1) is 11.8 Å². The number of benzene rings is 2. The van der Waals surface area contributed by atoms with E-state index in [9.17, 15) is 37.7 Å². The molecule has 0 aromatic heterocycles. The second kappa shape index (κ2) is 18.8. The molecule has 2 aliphatic rings. The van der Waals surface area contributed by atoms with Crippen molar-refractivity contribution in [2.24, 2.45) is 11.8 Å². The molecule has 18 heteroatoms. The maximum absolute atomic E-state index is 13.8. The van der Waals surface area contributed by atoms with Crippen LogP contribution in [0.25, 0.3) is 0 Å². The van der Waals surface area contributed by atoms with Crippen LogP contribution in [-0.2, 0) is 55.9 Å². The predicted octanol–water partition coefficient (Wildman–Crippen LogP) is 2.78. The molecule has 52 heavy (non-hydrogen) atoms. The quantitative estimate of drug-likeness (QED) is 0.119. The van der Waals surface area contributed by atoms with Crippen LogP contribution in [0.4, 0.5) is 4.79 Å². The van der Waals surface area contributed by atoms with Crippen molar-refractivity contribution in [3.05, 3.63) is 59.7 Å². The predicted molar refractivity (Wildman–Crippen MR) is 186 cm³/mol. The highest BCUT2D eigenvalue weighted by molar-refractivity contribution is 7.89. The minimum absolute atomic E-state index is 0.0141. The fourth-order valence-corrected chi connectivity index (χ4v) is 8.37. The number of amides is 1. The first-order valence-electron chi connectivity index (χ1n) is 17.1. The van der Waals surface area contributed by atoms with Crippen molar-refractivity contribution < 1.29 is 65.9 Å². The lowest BCUT2D eigenvalue weighted by molar-refractivity contribution is -0.150. The van der Waals surface area contributed by atoms with Crippen molar-refractivity contribution in [2.75, 3.05) is 39.3 Å². The summed E-state index contributed by atoms with van der Waals surface area (Å²) in [6, 6.07) is 11.0. The second-order valence-corrected chi connectivity index (χ2v) is 16.7. The van der Waals surface area contributed by atoms with Gasteiger partial charge in [-0.1, -0.05) is 38.1 Å². The van der Waals surface area contributed by atoms with Crippen molar-refractivity contribution in [2.45, 2.75) is 82.7 Å². The van der Waals surface area contributed by atoms with Gasteiger partial charge in [0.15, 0.2) is 18.7 Å². The smallest absolute Gasteiger partial charge is 0.407 e. The monoisotopic (exact) mass is 772 g/mol. The molecule has 4 rings (SSSR count). The van der Waals surface area contributed by atoms with Gasteiger partial charge >= 0.3 is 19.7 Å². The lowest BCUT2D eigenvalue weighted by Crippen LogP contribution is -2.51. The van der Waals surface area contributed by atoms with E-state index in [0.717, 1.165) is 4.31 Å². The molecular weight excluding hydrogens is 723 g/mol. The fraction of sp³-hybridized carbons (Fsp3) is 0.588. The van der Waals surface area contributed by atoms with E-state index in [2.05, 4.69) is 5.32 Å². The van der Waals surface area contributed by atoms with Gasteiger partial charge in [-0.2, -0.15) is 4.31 Å². The Balaban J connectivity index is 1.49. The van der Waals surface area contributed by atoms with Crippen LogP contribution in [0.5, 0.6) is 5.75 Å². The Morgan fingerprint density at radius 3 is 2.35 bits per heavy atom. The first-order chi connectivity index (χ1) is 24.6. The van der Waals surface area contributed by atoms with E-state index in [1.807, 2.05) is 13.8 Å². The summed E-state index contributed by atoms with van der Waals surface area (Å²) in [6.45, 7) is 6.74. The third-order valence-electron chi connectivity index (χ3n) is 8.43. The minimum atomic E-state index is -4.34. The number of aliphatic hydroxyl groups excluding tert-OH is 2. The van der Waals surface area contributed by atoms with Gasteiger partial charge in [0, 0.05) is 13.1 Å². The number of hydrogen-bond donors (Lipinski definition) is 4. The van der Waals surface area contributed by atoms with Gasteiger partial charge in [-0.15, -0.1) is 0 Å². The lowest BCUT2D eigenvalue weighted by Gasteiger charge is -2.31. The number of fused-ring (bicyclic) bond motifs is 1. The fourth-order valence-electron chi connectivity index (χ4n) is 5.80. The van der Waals surface area contributed by atoms with E-state index < -0.39 is 66.7 Å². The molecule has 0 radical (unpaired) electrons. The first kappa shape index (κ1) is 41.6. The Labute approximate surface area is 303 Å². The molecular formula is C34H49N2O14PS. The number of ether oxygens (including phenoxy) is 5. The molecule has 0 aliphatic carbocycles. The molecule has 2 aromatic rings. The Kier molecular flexibility index (Phi) is 15.0. The summed E-state index contributed by atoms with van der Waals surface area (Å²) in [4.78, 5) is 35.2. The summed E-state index contributed by atoms with van der Waals surface area (Å²) in [7, 11) is -8.44. The average molecular weight is 773 g/mol. The topological polar surface area (TPSA) is 217 Å². The van der Waals surface area contributed by atoms with Crippen molar-refractivity contribution in [3.63, 3.8) is 0 Å². The molecule has 1 unspecified atom stereocenters. The van der Waals surface area contributed by atoms with E-state index >= 15 is 0 Å². The standard InChI is InChI=1S/C34H49N2O14PS/c1-5-45-32(39)23(4)50-51(41,42)21-48-26-10-6-24(7-11-26)16-29(35-34(40)49-31-20-47-33-28(31)14-15-46-33)30(38)18-36(17-22(2)3)52(43,44)27-12-8-25(19-37)9-13-27/h6-13,22-23,28-31,33,37-38H,5,14-21H2,1-4H3,(H,35,40)(H,41,42)/t23-,28-,29-,30+,31-,33+/m0/s1. The third-order valence-corrected chi connectivity index (χ3v) is 11.4. The van der Waals surface area contributed by atoms with Crippen LogP contribution in [-0.4, -0.2) is 110 Å². The van der Waals surface area contributed by atoms with Crippen LogP contribution in [0.3, 0.4) is 0 Å². The number of alkyl carbamates (subject to hydrolysis) is 1. The van der Waals surface area contributed by atoms with E-state index in [1.54, 1.807) is 19.1 Å². The number of nitrogens with one attached hydrogen (secondary N) is 1. The highest BCUT2D eigenvalue weighted by Gasteiger charge is 2.44. The highest BCUT2D eigenvalue weighted by atomic mass is 32.2. The largest absolute Gasteiger partial charge is 0.481 e. The molecule has 2 saturated heterocycles. The number of hydrogen-bond acceptors (Lipinski definition) is 13.